The summed E-state index contributed by atoms with van der Waals surface area (Å²) in [6.45, 7) is 3.99. The standard InChI is InChI=1S/C18H28N4O3.HI/c1-3-25-18(23)22-11-9-15(10-12-22)21-17(19)20-13-16(24-2)14-7-5-4-6-8-14;/h4-8,15-16H,3,9-13H2,1-2H3,(H3,19,20,21);1H. The van der Waals surface area contributed by atoms with Gasteiger partial charge in [-0.15, -0.1) is 24.0 Å². The summed E-state index contributed by atoms with van der Waals surface area (Å²) in [6.07, 6.45) is 1.28. The second kappa shape index (κ2) is 11.9. The van der Waals surface area contributed by atoms with Crippen molar-refractivity contribution in [3.05, 3.63) is 35.9 Å². The minimum atomic E-state index is -0.242. The van der Waals surface area contributed by atoms with E-state index in [2.05, 4.69) is 10.3 Å². The Morgan fingerprint density at radius 1 is 1.35 bits per heavy atom. The second-order valence-electron chi connectivity index (χ2n) is 5.97. The van der Waals surface area contributed by atoms with Crippen LogP contribution < -0.4 is 11.1 Å². The van der Waals surface area contributed by atoms with Gasteiger partial charge in [0.05, 0.1) is 13.2 Å². The van der Waals surface area contributed by atoms with Gasteiger partial charge in [-0.3, -0.25) is 4.99 Å². The van der Waals surface area contributed by atoms with Crippen LogP contribution in [0, 0.1) is 0 Å². The first-order valence-electron chi connectivity index (χ1n) is 8.70. The molecule has 0 bridgehead atoms. The summed E-state index contributed by atoms with van der Waals surface area (Å²) < 4.78 is 10.5. The molecule has 7 nitrogen and oxygen atoms in total. The number of nitrogens with two attached hydrogens (primary N) is 1. The number of carbonyl (C=O) groups is 1. The average Bonchev–Trinajstić information content (AvgIpc) is 2.64. The van der Waals surface area contributed by atoms with E-state index in [9.17, 15) is 4.79 Å². The van der Waals surface area contributed by atoms with E-state index in [1.54, 1.807) is 12.0 Å². The SMILES string of the molecule is CCOC(=O)N1CCC(NC(N)=NCC(OC)c2ccccc2)CC1.I. The summed E-state index contributed by atoms with van der Waals surface area (Å²) in [7, 11) is 1.67. The summed E-state index contributed by atoms with van der Waals surface area (Å²) in [4.78, 5) is 17.8. The fraction of sp³-hybridized carbons (Fsp3) is 0.556. The van der Waals surface area contributed by atoms with Gasteiger partial charge in [-0.25, -0.2) is 4.79 Å². The molecule has 0 aromatic heterocycles. The van der Waals surface area contributed by atoms with E-state index in [1.165, 1.54) is 0 Å². The Kier molecular flexibility index (Phi) is 10.3. The highest BCUT2D eigenvalue weighted by Gasteiger charge is 2.23. The molecule has 1 aromatic carbocycles. The number of guanidine groups is 1. The smallest absolute Gasteiger partial charge is 0.409 e. The van der Waals surface area contributed by atoms with E-state index < -0.39 is 0 Å². The van der Waals surface area contributed by atoms with Crippen LogP contribution in [0.5, 0.6) is 0 Å². The van der Waals surface area contributed by atoms with Crippen LogP contribution in [0.25, 0.3) is 0 Å². The van der Waals surface area contributed by atoms with E-state index in [0.29, 0.717) is 32.2 Å². The number of likely N-dealkylation sites (tertiary alicyclic amines) is 1. The van der Waals surface area contributed by atoms with Gasteiger partial charge in [-0.05, 0) is 25.3 Å². The molecule has 0 aliphatic carbocycles. The van der Waals surface area contributed by atoms with Crippen molar-refractivity contribution in [2.45, 2.75) is 31.9 Å². The van der Waals surface area contributed by atoms with Gasteiger partial charge in [0.1, 0.15) is 6.10 Å². The first-order chi connectivity index (χ1) is 12.1. The zero-order chi connectivity index (χ0) is 18.1. The summed E-state index contributed by atoms with van der Waals surface area (Å²) in [5.41, 5.74) is 7.08. The van der Waals surface area contributed by atoms with Crippen LogP contribution in [0.4, 0.5) is 4.79 Å². The maximum absolute atomic E-state index is 11.7. The molecule has 3 N–H and O–H groups in total. The molecular formula is C18H29IN4O3. The zero-order valence-corrected chi connectivity index (χ0v) is 17.7. The summed E-state index contributed by atoms with van der Waals surface area (Å²) >= 11 is 0. The van der Waals surface area contributed by atoms with Crippen molar-refractivity contribution < 1.29 is 14.3 Å². The molecule has 8 heteroatoms. The molecular weight excluding hydrogens is 447 g/mol. The van der Waals surface area contributed by atoms with Crippen molar-refractivity contribution in [1.29, 1.82) is 0 Å². The van der Waals surface area contributed by atoms with E-state index in [-0.39, 0.29) is 42.2 Å². The van der Waals surface area contributed by atoms with E-state index in [4.69, 9.17) is 15.2 Å². The number of nitrogens with one attached hydrogen (secondary N) is 1. The molecule has 0 saturated carbocycles. The molecule has 1 saturated heterocycles. The fourth-order valence-electron chi connectivity index (χ4n) is 2.84. The van der Waals surface area contributed by atoms with Gasteiger partial charge in [-0.2, -0.15) is 0 Å². The Balaban J connectivity index is 0.00000338. The first kappa shape index (κ1) is 22.5. The lowest BCUT2D eigenvalue weighted by Crippen LogP contribution is -2.48. The molecule has 1 heterocycles. The molecule has 1 amide bonds. The quantitative estimate of drug-likeness (QED) is 0.374. The van der Waals surface area contributed by atoms with Crippen LogP contribution in [0.2, 0.25) is 0 Å². The molecule has 0 spiro atoms. The van der Waals surface area contributed by atoms with Crippen LogP contribution in [0.15, 0.2) is 35.3 Å². The molecule has 2 rings (SSSR count). The van der Waals surface area contributed by atoms with Crippen molar-refractivity contribution in [2.75, 3.05) is 33.4 Å². The topological polar surface area (TPSA) is 89.2 Å². The largest absolute Gasteiger partial charge is 0.450 e. The van der Waals surface area contributed by atoms with Crippen molar-refractivity contribution in [2.24, 2.45) is 10.7 Å². The van der Waals surface area contributed by atoms with Crippen molar-refractivity contribution in [1.82, 2.24) is 10.2 Å². The highest BCUT2D eigenvalue weighted by atomic mass is 127. The highest BCUT2D eigenvalue weighted by molar-refractivity contribution is 14.0. The average molecular weight is 476 g/mol. The third kappa shape index (κ3) is 6.99. The number of benzene rings is 1. The number of carbonyl (C=O) groups excluding carboxylic acids is 1. The first-order valence-corrected chi connectivity index (χ1v) is 8.70. The Morgan fingerprint density at radius 3 is 2.58 bits per heavy atom. The van der Waals surface area contributed by atoms with E-state index in [0.717, 1.165) is 18.4 Å². The zero-order valence-electron chi connectivity index (χ0n) is 15.4. The number of aliphatic imine (C=N–C) groups is 1. The lowest BCUT2D eigenvalue weighted by atomic mass is 10.1. The number of rotatable bonds is 6. The third-order valence-electron chi connectivity index (χ3n) is 4.26. The van der Waals surface area contributed by atoms with Crippen molar-refractivity contribution in [3.63, 3.8) is 0 Å². The predicted octanol–water partition coefficient (Wildman–Crippen LogP) is 2.52. The van der Waals surface area contributed by atoms with Crippen LogP contribution in [-0.4, -0.2) is 56.3 Å². The van der Waals surface area contributed by atoms with Gasteiger partial charge >= 0.3 is 6.09 Å². The van der Waals surface area contributed by atoms with Crippen LogP contribution in [0.3, 0.4) is 0 Å². The molecule has 1 atom stereocenters. The number of nitrogens with zero attached hydrogens (tertiary/aromatic N) is 2. The fourth-order valence-corrected chi connectivity index (χ4v) is 2.84. The minimum absolute atomic E-state index is 0. The van der Waals surface area contributed by atoms with Gasteiger partial charge in [0.25, 0.3) is 0 Å². The van der Waals surface area contributed by atoms with E-state index >= 15 is 0 Å². The molecule has 0 radical (unpaired) electrons. The Hall–Kier alpha value is -1.55. The summed E-state index contributed by atoms with van der Waals surface area (Å²) in [5.74, 6) is 0.410. The van der Waals surface area contributed by atoms with Crippen LogP contribution >= 0.6 is 24.0 Å². The molecule has 1 aliphatic rings. The molecule has 1 aliphatic heterocycles. The number of methoxy groups -OCH3 is 1. The second-order valence-corrected chi connectivity index (χ2v) is 5.97. The number of hydrogen-bond donors (Lipinski definition) is 2. The number of halogens is 1. The third-order valence-corrected chi connectivity index (χ3v) is 4.26. The highest BCUT2D eigenvalue weighted by Crippen LogP contribution is 2.16. The van der Waals surface area contributed by atoms with Crippen molar-refractivity contribution in [3.8, 4) is 0 Å². The molecule has 146 valence electrons. The van der Waals surface area contributed by atoms with Gasteiger partial charge in [0, 0.05) is 26.2 Å². The number of piperidine rings is 1. The molecule has 26 heavy (non-hydrogen) atoms. The number of amides is 1. The van der Waals surface area contributed by atoms with E-state index in [1.807, 2.05) is 37.3 Å². The Labute approximate surface area is 172 Å². The van der Waals surface area contributed by atoms with Gasteiger partial charge in [-0.1, -0.05) is 30.3 Å². The Bertz CT molecular complexity index is 563. The van der Waals surface area contributed by atoms with Crippen molar-refractivity contribution >= 4 is 36.0 Å². The maximum Gasteiger partial charge on any atom is 0.409 e. The number of hydrogen-bond acceptors (Lipinski definition) is 4. The minimum Gasteiger partial charge on any atom is -0.450 e. The Morgan fingerprint density at radius 2 is 2.00 bits per heavy atom. The molecule has 1 unspecified atom stereocenters. The summed E-state index contributed by atoms with van der Waals surface area (Å²) in [6, 6.07) is 10.2. The van der Waals surface area contributed by atoms with Gasteiger partial charge in [0.2, 0.25) is 0 Å². The van der Waals surface area contributed by atoms with Gasteiger partial charge in [0.15, 0.2) is 5.96 Å². The van der Waals surface area contributed by atoms with Crippen LogP contribution in [-0.2, 0) is 9.47 Å². The normalized spacial score (nSPS) is 16.5. The molecule has 1 aromatic rings. The predicted molar refractivity (Wildman–Crippen MR) is 113 cm³/mol. The summed E-state index contributed by atoms with van der Waals surface area (Å²) in [5, 5.41) is 3.23. The maximum atomic E-state index is 11.7. The number of ether oxygens (including phenoxy) is 2. The monoisotopic (exact) mass is 476 g/mol. The molecule has 1 fully saturated rings. The van der Waals surface area contributed by atoms with Crippen LogP contribution in [0.1, 0.15) is 31.4 Å². The lowest BCUT2D eigenvalue weighted by molar-refractivity contribution is 0.0962. The van der Waals surface area contributed by atoms with Gasteiger partial charge < -0.3 is 25.4 Å². The lowest BCUT2D eigenvalue weighted by Gasteiger charge is -2.31.